The van der Waals surface area contributed by atoms with Gasteiger partial charge in [0.1, 0.15) is 5.82 Å². The number of carbonyl (C=O) groups excluding carboxylic acids is 1. The molecule has 1 atom stereocenters. The van der Waals surface area contributed by atoms with Crippen LogP contribution in [0.2, 0.25) is 0 Å². The van der Waals surface area contributed by atoms with Gasteiger partial charge in [-0.25, -0.2) is 17.6 Å². The molecule has 136 valence electrons. The monoisotopic (exact) mass is 360 g/mol. The first-order chi connectivity index (χ1) is 11.2. The van der Waals surface area contributed by atoms with Crippen molar-refractivity contribution in [3.63, 3.8) is 0 Å². The summed E-state index contributed by atoms with van der Waals surface area (Å²) in [6.45, 7) is 6.21. The molecule has 5 nitrogen and oxygen atoms in total. The Balaban J connectivity index is 2.31. The number of benzene rings is 1. The van der Waals surface area contributed by atoms with Crippen LogP contribution in [0.15, 0.2) is 29.2 Å². The van der Waals surface area contributed by atoms with Gasteiger partial charge in [0, 0.05) is 6.61 Å². The molecule has 0 aliphatic carbocycles. The van der Waals surface area contributed by atoms with Crippen LogP contribution < -0.4 is 0 Å². The number of hydrogen-bond acceptors (Lipinski definition) is 5. The van der Waals surface area contributed by atoms with Gasteiger partial charge in [0.2, 0.25) is 0 Å². The molecule has 0 fully saturated rings. The van der Waals surface area contributed by atoms with E-state index in [0.717, 1.165) is 18.6 Å². The first-order valence-corrected chi connectivity index (χ1v) is 9.64. The van der Waals surface area contributed by atoms with Gasteiger partial charge in [0.05, 0.1) is 17.3 Å². The zero-order valence-corrected chi connectivity index (χ0v) is 15.1. The molecule has 0 aromatic heterocycles. The average Bonchev–Trinajstić information content (AvgIpc) is 2.51. The third-order valence-corrected chi connectivity index (χ3v) is 5.19. The van der Waals surface area contributed by atoms with Crippen LogP contribution in [0.25, 0.3) is 0 Å². The second-order valence-corrected chi connectivity index (χ2v) is 8.10. The molecular weight excluding hydrogens is 335 g/mol. The van der Waals surface area contributed by atoms with E-state index in [0.29, 0.717) is 12.5 Å². The van der Waals surface area contributed by atoms with Gasteiger partial charge >= 0.3 is 5.97 Å². The van der Waals surface area contributed by atoms with E-state index in [9.17, 15) is 17.6 Å². The first kappa shape index (κ1) is 20.6. The Kier molecular flexibility index (Phi) is 8.35. The summed E-state index contributed by atoms with van der Waals surface area (Å²) in [5, 5.41) is 0. The summed E-state index contributed by atoms with van der Waals surface area (Å²) in [5.74, 6) is -0.675. The van der Waals surface area contributed by atoms with Gasteiger partial charge in [0.15, 0.2) is 15.9 Å². The van der Waals surface area contributed by atoms with Crippen LogP contribution in [-0.4, -0.2) is 39.5 Å². The molecule has 1 aromatic carbocycles. The number of sulfone groups is 1. The van der Waals surface area contributed by atoms with Gasteiger partial charge in [0.25, 0.3) is 0 Å². The molecule has 0 aliphatic heterocycles. The molecule has 7 heteroatoms. The Labute approximate surface area is 143 Å². The van der Waals surface area contributed by atoms with Crippen LogP contribution in [0.4, 0.5) is 4.39 Å². The van der Waals surface area contributed by atoms with Gasteiger partial charge in [-0.05, 0) is 49.9 Å². The van der Waals surface area contributed by atoms with Crippen molar-refractivity contribution in [1.82, 2.24) is 0 Å². The Morgan fingerprint density at radius 1 is 1.12 bits per heavy atom. The normalized spacial score (nSPS) is 13.0. The average molecular weight is 360 g/mol. The Morgan fingerprint density at radius 2 is 1.75 bits per heavy atom. The summed E-state index contributed by atoms with van der Waals surface area (Å²) in [6.07, 6.45) is 0.356. The van der Waals surface area contributed by atoms with E-state index in [1.54, 1.807) is 6.92 Å². The summed E-state index contributed by atoms with van der Waals surface area (Å²) >= 11 is 0. The Morgan fingerprint density at radius 3 is 2.33 bits per heavy atom. The van der Waals surface area contributed by atoms with Gasteiger partial charge in [-0.1, -0.05) is 13.8 Å². The van der Waals surface area contributed by atoms with Crippen LogP contribution in [0.5, 0.6) is 0 Å². The van der Waals surface area contributed by atoms with Crippen LogP contribution >= 0.6 is 0 Å². The molecule has 1 aromatic rings. The molecule has 0 amide bonds. The third-order valence-electron chi connectivity index (χ3n) is 3.37. The second kappa shape index (κ2) is 9.74. The number of carbonyl (C=O) groups is 1. The number of esters is 1. The highest BCUT2D eigenvalue weighted by atomic mass is 32.2. The highest BCUT2D eigenvalue weighted by Crippen LogP contribution is 2.13. The lowest BCUT2D eigenvalue weighted by Gasteiger charge is -2.13. The van der Waals surface area contributed by atoms with Crippen LogP contribution in [0.1, 0.15) is 33.6 Å². The molecular formula is C17H25FO5S. The molecule has 0 N–H and O–H groups in total. The van der Waals surface area contributed by atoms with Crippen molar-refractivity contribution in [2.24, 2.45) is 5.92 Å². The van der Waals surface area contributed by atoms with Crippen LogP contribution in [-0.2, 0) is 24.1 Å². The summed E-state index contributed by atoms with van der Waals surface area (Å²) in [5.41, 5.74) is 0. The minimum absolute atomic E-state index is 0.00284. The van der Waals surface area contributed by atoms with Crippen molar-refractivity contribution < 1.29 is 27.1 Å². The summed E-state index contributed by atoms with van der Waals surface area (Å²) in [6, 6.07) is 4.65. The highest BCUT2D eigenvalue weighted by Gasteiger charge is 2.17. The van der Waals surface area contributed by atoms with Crippen molar-refractivity contribution in [1.29, 1.82) is 0 Å². The van der Waals surface area contributed by atoms with Crippen molar-refractivity contribution in [3.8, 4) is 0 Å². The summed E-state index contributed by atoms with van der Waals surface area (Å²) in [4.78, 5) is 11.8. The van der Waals surface area contributed by atoms with Gasteiger partial charge < -0.3 is 9.47 Å². The lowest BCUT2D eigenvalue weighted by molar-refractivity contribution is -0.156. The lowest BCUT2D eigenvalue weighted by Crippen LogP contribution is -2.25. The van der Waals surface area contributed by atoms with Crippen molar-refractivity contribution in [2.75, 3.05) is 19.0 Å². The lowest BCUT2D eigenvalue weighted by atomic mass is 10.1. The van der Waals surface area contributed by atoms with Crippen LogP contribution in [0.3, 0.4) is 0 Å². The van der Waals surface area contributed by atoms with Gasteiger partial charge in [-0.15, -0.1) is 0 Å². The maximum Gasteiger partial charge on any atom is 0.334 e. The standard InChI is InChI=1S/C17H25FO5S/c1-13(2)9-11-22-14(3)17(19)23-10-4-12-24(20,21)16-7-5-15(18)6-8-16/h5-8,13-14H,4,9-12H2,1-3H3. The number of hydrogen-bond donors (Lipinski definition) is 0. The topological polar surface area (TPSA) is 69.7 Å². The van der Waals surface area contributed by atoms with E-state index in [2.05, 4.69) is 13.8 Å². The van der Waals surface area contributed by atoms with Crippen molar-refractivity contribution in [3.05, 3.63) is 30.1 Å². The molecule has 0 radical (unpaired) electrons. The Bertz CT molecular complexity index is 610. The molecule has 0 saturated carbocycles. The SMILES string of the molecule is CC(C)CCOC(C)C(=O)OCCCS(=O)(=O)c1ccc(F)cc1. The molecule has 24 heavy (non-hydrogen) atoms. The fourth-order valence-electron chi connectivity index (χ4n) is 1.85. The molecule has 1 rings (SSSR count). The highest BCUT2D eigenvalue weighted by molar-refractivity contribution is 7.91. The fourth-order valence-corrected chi connectivity index (χ4v) is 3.13. The number of ether oxygens (including phenoxy) is 2. The molecule has 0 bridgehead atoms. The minimum atomic E-state index is -3.51. The predicted molar refractivity (Wildman–Crippen MR) is 88.9 cm³/mol. The van der Waals surface area contributed by atoms with Gasteiger partial charge in [-0.3, -0.25) is 0 Å². The summed E-state index contributed by atoms with van der Waals surface area (Å²) < 4.78 is 47.3. The maximum atomic E-state index is 12.8. The second-order valence-electron chi connectivity index (χ2n) is 5.99. The smallest absolute Gasteiger partial charge is 0.334 e. The quantitative estimate of drug-likeness (QED) is 0.364. The largest absolute Gasteiger partial charge is 0.464 e. The zero-order chi connectivity index (χ0) is 18.2. The number of rotatable bonds is 10. The molecule has 0 heterocycles. The van der Waals surface area contributed by atoms with Crippen molar-refractivity contribution in [2.45, 2.75) is 44.6 Å². The fraction of sp³-hybridized carbons (Fsp3) is 0.588. The minimum Gasteiger partial charge on any atom is -0.464 e. The molecule has 0 aliphatic rings. The first-order valence-electron chi connectivity index (χ1n) is 7.99. The van der Waals surface area contributed by atoms with E-state index in [4.69, 9.17) is 9.47 Å². The van der Waals surface area contributed by atoms with E-state index in [1.165, 1.54) is 12.1 Å². The predicted octanol–water partition coefficient (Wildman–Crippen LogP) is 2.98. The Hall–Kier alpha value is -1.47. The van der Waals surface area contributed by atoms with E-state index < -0.39 is 27.7 Å². The van der Waals surface area contributed by atoms with E-state index >= 15 is 0 Å². The molecule has 1 unspecified atom stereocenters. The van der Waals surface area contributed by atoms with E-state index in [-0.39, 0.29) is 23.7 Å². The van der Waals surface area contributed by atoms with Crippen molar-refractivity contribution >= 4 is 15.8 Å². The summed E-state index contributed by atoms with van der Waals surface area (Å²) in [7, 11) is -3.51. The maximum absolute atomic E-state index is 12.8. The number of halogens is 1. The van der Waals surface area contributed by atoms with Crippen LogP contribution in [0, 0.1) is 11.7 Å². The van der Waals surface area contributed by atoms with Gasteiger partial charge in [-0.2, -0.15) is 0 Å². The molecule has 0 spiro atoms. The third kappa shape index (κ3) is 7.40. The zero-order valence-electron chi connectivity index (χ0n) is 14.3. The molecule has 0 saturated heterocycles. The van der Waals surface area contributed by atoms with E-state index in [1.807, 2.05) is 0 Å².